The summed E-state index contributed by atoms with van der Waals surface area (Å²) in [6, 6.07) is 0. The summed E-state index contributed by atoms with van der Waals surface area (Å²) in [7, 11) is 0. The molecule has 2 unspecified atom stereocenters. The smallest absolute Gasteiger partial charge is 0.547 e. The first-order valence-electron chi connectivity index (χ1n) is 7.72. The molecule has 0 spiro atoms. The van der Waals surface area contributed by atoms with E-state index in [-0.39, 0.29) is 199 Å². The Morgan fingerprint density at radius 2 is 0.357 bits per heavy atom. The van der Waals surface area contributed by atoms with Gasteiger partial charge in [0.05, 0.1) is 62.8 Å². The standard InChI is InChI=1S/C4H6O6.2Ce.2K.10NO3.H3N.N/c5-1(3(7)8)2(6)4(9)10;;;;;10*2-1(3)4;;/h1-2,5-6H,(H,7,8)(H,9,10);;;;;;;;;;;;;;;1H3;/q;2*+4;2*+1;10*-1;;+1/p-1. The number of aliphatic hydroxyl groups excluding tert-OH is 2. The fraction of sp³-hybridized carbons (Fsp3) is 0.500. The van der Waals surface area contributed by atoms with Crippen LogP contribution in [0.25, 0.3) is 0 Å². The first-order chi connectivity index (χ1) is 21.8. The molecule has 0 fully saturated rings. The molecular weight excluding hydrogens is 1150 g/mol. The predicted molar refractivity (Wildman–Crippen MR) is 134 cm³/mol. The molecule has 0 aromatic rings. The van der Waals surface area contributed by atoms with E-state index in [0.717, 1.165) is 0 Å². The van der Waals surface area contributed by atoms with Gasteiger partial charge in [-0.1, -0.05) is 0 Å². The van der Waals surface area contributed by atoms with Crippen molar-refractivity contribution in [3.8, 4) is 0 Å². The number of aliphatic hydroxyl groups is 2. The van der Waals surface area contributed by atoms with Crippen LogP contribution in [-0.4, -0.2) is 85.2 Å². The van der Waals surface area contributed by atoms with Crippen LogP contribution in [0, 0.1) is 237 Å². The molecule has 2 atom stereocenters. The third-order valence-electron chi connectivity index (χ3n) is 0.782. The second-order valence-electron chi connectivity index (χ2n) is 3.76. The topological polar surface area (TPSA) is 850 Å². The summed E-state index contributed by atoms with van der Waals surface area (Å²) in [6.45, 7) is 0. The van der Waals surface area contributed by atoms with Gasteiger partial charge in [0.2, 0.25) is 0 Å². The average Bonchev–Trinajstić information content (AvgIpc) is 2.74. The maximum absolute atomic E-state index is 9.63. The maximum Gasteiger partial charge on any atom is 4.00 e. The number of hydrogen-bond donors (Lipinski definition) is 3. The number of aliphatic carboxylic acids is 2. The van der Waals surface area contributed by atoms with Gasteiger partial charge in [0.25, 0.3) is 0 Å². The molecule has 0 aromatic heterocycles. The number of nitrogens with zero attached hydrogens (tertiary/aromatic N) is 11. The summed E-state index contributed by atoms with van der Waals surface area (Å²) in [4.78, 5) is 102. The molecule has 0 aromatic carbocycles. The molecule has 52 heteroatoms. The van der Waals surface area contributed by atoms with Crippen molar-refractivity contribution >= 4 is 11.9 Å². The van der Waals surface area contributed by atoms with Crippen molar-refractivity contribution in [2.24, 2.45) is 0 Å². The summed E-state index contributed by atoms with van der Waals surface area (Å²) >= 11 is 0. The Balaban J connectivity index is -0.0000000201. The van der Waals surface area contributed by atoms with Crippen LogP contribution in [0.5, 0.6) is 0 Å². The van der Waals surface area contributed by atoms with Crippen molar-refractivity contribution < 1.29 is 267 Å². The van der Waals surface area contributed by atoms with Gasteiger partial charge < -0.3 is 189 Å². The van der Waals surface area contributed by atoms with Crippen molar-refractivity contribution in [3.63, 3.8) is 0 Å². The van der Waals surface area contributed by atoms with Crippen molar-refractivity contribution in [1.82, 2.24) is 12.3 Å². The first-order valence-corrected chi connectivity index (χ1v) is 7.72. The Hall–Kier alpha value is -3.19. The van der Waals surface area contributed by atoms with Gasteiger partial charge in [-0.15, -0.1) is 0 Å². The number of carboxylic acid groups (broad SMARTS) is 2. The largest absolute Gasteiger partial charge is 4.00 e. The Morgan fingerprint density at radius 1 is 0.321 bits per heavy atom. The van der Waals surface area contributed by atoms with Crippen molar-refractivity contribution in [2.45, 2.75) is 12.2 Å². The molecular formula is C4H8Ce2K2N12O36. The molecule has 4 radical (unpaired) electrons. The Labute approximate surface area is 449 Å². The second-order valence-corrected chi connectivity index (χ2v) is 3.76. The van der Waals surface area contributed by atoms with Crippen LogP contribution in [0.2, 0.25) is 0 Å². The van der Waals surface area contributed by atoms with E-state index in [2.05, 4.69) is 0 Å². The van der Waals surface area contributed by atoms with Crippen LogP contribution >= 0.6 is 0 Å². The van der Waals surface area contributed by atoms with Gasteiger partial charge in [0.1, 0.15) is 12.2 Å². The summed E-state index contributed by atoms with van der Waals surface area (Å²) < 4.78 is 0. The quantitative estimate of drug-likeness (QED) is 0.134. The average molecular weight is 1160 g/mol. The second kappa shape index (κ2) is 88.8. The van der Waals surface area contributed by atoms with Crippen LogP contribution in [0.4, 0.5) is 0 Å². The minimum absolute atomic E-state index is 0. The number of quaternary nitrogens is 1. The van der Waals surface area contributed by atoms with E-state index < -0.39 is 75.0 Å². The van der Waals surface area contributed by atoms with Crippen LogP contribution < -0.4 is 125 Å². The zero-order valence-electron chi connectivity index (χ0n) is 25.8. The van der Waals surface area contributed by atoms with E-state index in [9.17, 15) is 19.8 Å². The Bertz CT molecular complexity index is 759. The summed E-state index contributed by atoms with van der Waals surface area (Å²) in [6.07, 6.45) is -4.88. The van der Waals surface area contributed by atoms with Crippen LogP contribution in [-0.2, 0) is 9.59 Å². The molecule has 0 amide bonds. The zero-order valence-corrected chi connectivity index (χ0v) is 38.4. The molecule has 0 rings (SSSR count). The van der Waals surface area contributed by atoms with Gasteiger partial charge in [-0.05, 0) is 0 Å². The molecule has 0 saturated heterocycles. The molecule has 0 saturated carbocycles. The van der Waals surface area contributed by atoms with E-state index >= 15 is 0 Å². The van der Waals surface area contributed by atoms with Gasteiger partial charge in [-0.25, -0.2) is 0 Å². The van der Waals surface area contributed by atoms with E-state index in [1.807, 2.05) is 0 Å². The summed E-state index contributed by atoms with van der Waals surface area (Å²) in [5, 5.41) is 183. The van der Waals surface area contributed by atoms with E-state index in [1.165, 1.54) is 0 Å². The van der Waals surface area contributed by atoms with E-state index in [0.29, 0.717) is 0 Å². The Kier molecular flexibility index (Phi) is 175. The number of carboxylic acids is 2. The molecule has 0 aliphatic rings. The zero-order chi connectivity index (χ0) is 44.1. The Morgan fingerprint density at radius 3 is 0.375 bits per heavy atom. The summed E-state index contributed by atoms with van der Waals surface area (Å²) in [5.74, 6) is -4.12. The van der Waals surface area contributed by atoms with Crippen molar-refractivity contribution in [3.05, 3.63) is 153 Å². The number of rotatable bonds is 3. The molecule has 310 valence electrons. The fourth-order valence-electron chi connectivity index (χ4n) is 0.258. The molecule has 6 N–H and O–H groups in total. The van der Waals surface area contributed by atoms with Gasteiger partial charge in [-0.2, -0.15) is 0 Å². The molecule has 48 nitrogen and oxygen atoms in total. The van der Waals surface area contributed by atoms with E-state index in [4.69, 9.17) is 163 Å². The number of carbonyl (C=O) groups is 2. The van der Waals surface area contributed by atoms with E-state index in [1.54, 1.807) is 0 Å². The number of hydrogen-bond acceptors (Lipinski definition) is 36. The fourth-order valence-corrected chi connectivity index (χ4v) is 0.258. The minimum Gasteiger partial charge on any atom is -0.547 e. The molecule has 0 heterocycles. The third-order valence-corrected chi connectivity index (χ3v) is 0.782. The number of carbonyl (C=O) groups excluding carboxylic acids is 2. The molecule has 0 aliphatic heterocycles. The molecule has 0 bridgehead atoms. The molecule has 56 heavy (non-hydrogen) atoms. The SMILES string of the molecule is O=C([O-])C(O)C(O)C(=O)[O-].O=[N+]([O-])[O-].O=[N+]([O-])[O-].O=[N+]([O-])[O-].O=[N+]([O-])[O-].O=[N+]([O-])[O-].O=[N+]([O-])[O-].O=[N+]([O-])[O-].O=[N+]([O-])[O-].O=[N+]([O-])[O-].O=[N+]([O-])[O-].[Ce+4].[Ce+4].[K+].[K+].[N+].[NH4+]. The van der Waals surface area contributed by atoms with Crippen LogP contribution in [0.1, 0.15) is 0 Å². The van der Waals surface area contributed by atoms with Crippen LogP contribution in [0.15, 0.2) is 0 Å². The maximum atomic E-state index is 9.63. The van der Waals surface area contributed by atoms with Crippen LogP contribution in [0.3, 0.4) is 0 Å². The van der Waals surface area contributed by atoms with Crippen molar-refractivity contribution in [2.75, 3.05) is 0 Å². The van der Waals surface area contributed by atoms with Gasteiger partial charge in [-0.3, -0.25) is 0 Å². The van der Waals surface area contributed by atoms with Crippen molar-refractivity contribution in [1.29, 1.82) is 0 Å². The molecule has 0 aliphatic carbocycles. The van der Waals surface area contributed by atoms with Gasteiger partial charge in [0.15, 0.2) is 0 Å². The normalized spacial score (nSPS) is 7.11. The van der Waals surface area contributed by atoms with Gasteiger partial charge >= 0.3 is 192 Å². The first kappa shape index (κ1) is 111. The minimum atomic E-state index is -2.44. The predicted octanol–water partition coefficient (Wildman–Crippen LogP) is -13.3. The monoisotopic (exact) mass is 1160 g/mol. The van der Waals surface area contributed by atoms with Gasteiger partial charge in [0, 0.05) is 0 Å². The summed E-state index contributed by atoms with van der Waals surface area (Å²) in [5.41, 5.74) is 0. The third kappa shape index (κ3) is 1630.